The minimum atomic E-state index is -1.07. The van der Waals surface area contributed by atoms with E-state index < -0.39 is 46.7 Å². The monoisotopic (exact) mass is 462 g/mol. The third-order valence-corrected chi connectivity index (χ3v) is 8.67. The molecule has 2 saturated carbocycles. The summed E-state index contributed by atoms with van der Waals surface area (Å²) < 4.78 is 28.5. The number of aliphatic hydroxyl groups excluding tert-OH is 1. The number of fused-ring (bicyclic) bond motifs is 3. The van der Waals surface area contributed by atoms with Gasteiger partial charge in [-0.3, -0.25) is 14.4 Å². The highest BCUT2D eigenvalue weighted by atomic mass is 16.6. The van der Waals surface area contributed by atoms with E-state index in [0.29, 0.717) is 25.7 Å². The average Bonchev–Trinajstić information content (AvgIpc) is 3.21. The second-order valence-corrected chi connectivity index (χ2v) is 10.1. The Hall–Kier alpha value is -2.39. The summed E-state index contributed by atoms with van der Waals surface area (Å²) in [6.07, 6.45) is 2.87. The van der Waals surface area contributed by atoms with Gasteiger partial charge in [-0.05, 0) is 37.2 Å². The third-order valence-electron chi connectivity index (χ3n) is 8.67. The summed E-state index contributed by atoms with van der Waals surface area (Å²) >= 11 is 0. The van der Waals surface area contributed by atoms with Crippen LogP contribution in [-0.4, -0.2) is 54.0 Å². The predicted octanol–water partition coefficient (Wildman–Crippen LogP) is 2.31. The van der Waals surface area contributed by atoms with Crippen LogP contribution >= 0.6 is 0 Å². The number of rotatable bonds is 4. The first-order chi connectivity index (χ1) is 15.7. The van der Waals surface area contributed by atoms with Gasteiger partial charge >= 0.3 is 17.9 Å². The molecule has 4 fully saturated rings. The Balaban J connectivity index is 1.64. The van der Waals surface area contributed by atoms with Gasteiger partial charge in [0.05, 0.1) is 36.1 Å². The molecular weight excluding hydrogens is 432 g/mol. The predicted molar refractivity (Wildman–Crippen MR) is 110 cm³/mol. The molecule has 5 rings (SSSR count). The quantitative estimate of drug-likeness (QED) is 0.408. The van der Waals surface area contributed by atoms with E-state index in [1.807, 2.05) is 6.92 Å². The molecule has 0 amide bonds. The number of furan rings is 1. The molecule has 2 spiro atoms. The molecule has 1 N–H and O–H groups in total. The molecule has 0 aromatic carbocycles. The van der Waals surface area contributed by atoms with Gasteiger partial charge in [0.2, 0.25) is 0 Å². The molecule has 9 nitrogen and oxygen atoms in total. The number of ether oxygens (including phenoxy) is 4. The molecule has 0 bridgehead atoms. The minimum absolute atomic E-state index is 0.111. The van der Waals surface area contributed by atoms with E-state index >= 15 is 0 Å². The van der Waals surface area contributed by atoms with Crippen LogP contribution in [0.3, 0.4) is 0 Å². The average molecular weight is 462 g/mol. The zero-order valence-electron chi connectivity index (χ0n) is 19.1. The van der Waals surface area contributed by atoms with Crippen LogP contribution in [0.15, 0.2) is 23.0 Å². The lowest BCUT2D eigenvalue weighted by Gasteiger charge is -2.62. The van der Waals surface area contributed by atoms with Gasteiger partial charge in [0.25, 0.3) is 0 Å². The lowest BCUT2D eigenvalue weighted by atomic mass is 9.42. The fraction of sp³-hybridized carbons (Fsp3) is 0.708. The molecule has 3 heterocycles. The van der Waals surface area contributed by atoms with Crippen molar-refractivity contribution in [2.75, 3.05) is 13.2 Å². The highest BCUT2D eigenvalue weighted by Crippen LogP contribution is 2.71. The van der Waals surface area contributed by atoms with E-state index in [0.717, 1.165) is 5.56 Å². The highest BCUT2D eigenvalue weighted by molar-refractivity contribution is 5.81. The Kier molecular flexibility index (Phi) is 5.13. The summed E-state index contributed by atoms with van der Waals surface area (Å²) in [6, 6.07) is 1.79. The Morgan fingerprint density at radius 1 is 1.24 bits per heavy atom. The van der Waals surface area contributed by atoms with Crippen LogP contribution in [0.5, 0.6) is 0 Å². The molecular formula is C24H30O9. The molecule has 2 aliphatic heterocycles. The molecule has 180 valence electrons. The van der Waals surface area contributed by atoms with Crippen LogP contribution in [0.25, 0.3) is 0 Å². The molecule has 1 aromatic rings. The SMILES string of the molecule is CC(=O)OC[C@@]12[C@@H](OC(C)=O)C[C@@H](C)[C@]3(C[C@@H](c4ccoc4)OC3=O)[C@H]1CC[C@H](O)[C@]21CO1. The number of hydrogen-bond donors (Lipinski definition) is 1. The van der Waals surface area contributed by atoms with Crippen molar-refractivity contribution >= 4 is 17.9 Å². The standard InChI is InChI=1S/C24H30O9/c1-13-8-20(32-15(3)26)23(11-30-14(2)25)18(4-5-19(27)24(23)12-31-24)22(13)9-17(33-21(22)28)16-6-7-29-10-16/h6-7,10,13,17-20,27H,4-5,8-9,11-12H2,1-3H3/t13-,17+,18-,19+,20+,22-,23+,24-/m1/s1. The van der Waals surface area contributed by atoms with E-state index in [1.165, 1.54) is 13.8 Å². The number of esters is 3. The van der Waals surface area contributed by atoms with Gasteiger partial charge in [0, 0.05) is 25.8 Å². The van der Waals surface area contributed by atoms with Crippen LogP contribution in [0, 0.1) is 22.7 Å². The van der Waals surface area contributed by atoms with Gasteiger partial charge < -0.3 is 28.5 Å². The van der Waals surface area contributed by atoms with Crippen LogP contribution in [0.4, 0.5) is 0 Å². The number of aliphatic hydroxyl groups is 1. The fourth-order valence-electron chi connectivity index (χ4n) is 7.15. The van der Waals surface area contributed by atoms with E-state index in [2.05, 4.69) is 0 Å². The minimum Gasteiger partial charge on any atom is -0.472 e. The lowest BCUT2D eigenvalue weighted by molar-refractivity contribution is -0.244. The lowest BCUT2D eigenvalue weighted by Crippen LogP contribution is -2.71. The zero-order chi connectivity index (χ0) is 23.6. The first-order valence-corrected chi connectivity index (χ1v) is 11.5. The summed E-state index contributed by atoms with van der Waals surface area (Å²) in [7, 11) is 0. The normalized spacial score (nSPS) is 43.8. The number of carbonyl (C=O) groups excluding carboxylic acids is 3. The Labute approximate surface area is 191 Å². The maximum atomic E-state index is 13.7. The molecule has 33 heavy (non-hydrogen) atoms. The zero-order valence-corrected chi connectivity index (χ0v) is 19.1. The maximum absolute atomic E-state index is 13.7. The fourth-order valence-corrected chi connectivity index (χ4v) is 7.15. The summed E-state index contributed by atoms with van der Waals surface area (Å²) in [4.78, 5) is 37.7. The van der Waals surface area contributed by atoms with Crippen LogP contribution in [-0.2, 0) is 33.3 Å². The van der Waals surface area contributed by atoms with E-state index in [4.69, 9.17) is 23.4 Å². The summed E-state index contributed by atoms with van der Waals surface area (Å²) in [5.41, 5.74) is -2.24. The summed E-state index contributed by atoms with van der Waals surface area (Å²) in [6.45, 7) is 4.76. The topological polar surface area (TPSA) is 125 Å². The van der Waals surface area contributed by atoms with Crippen LogP contribution < -0.4 is 0 Å². The maximum Gasteiger partial charge on any atom is 0.313 e. The summed E-state index contributed by atoms with van der Waals surface area (Å²) in [5, 5.41) is 11.1. The number of hydrogen-bond acceptors (Lipinski definition) is 9. The van der Waals surface area contributed by atoms with Gasteiger partial charge in [-0.25, -0.2) is 0 Å². The van der Waals surface area contributed by atoms with Crippen molar-refractivity contribution < 1.29 is 42.9 Å². The van der Waals surface area contributed by atoms with Crippen molar-refractivity contribution in [2.45, 2.75) is 70.4 Å². The van der Waals surface area contributed by atoms with Gasteiger partial charge in [-0.15, -0.1) is 0 Å². The number of cyclic esters (lactones) is 1. The van der Waals surface area contributed by atoms with Crippen molar-refractivity contribution in [1.82, 2.24) is 0 Å². The highest BCUT2D eigenvalue weighted by Gasteiger charge is 2.80. The van der Waals surface area contributed by atoms with Crippen molar-refractivity contribution in [2.24, 2.45) is 22.7 Å². The van der Waals surface area contributed by atoms with Gasteiger partial charge in [0.15, 0.2) is 0 Å². The number of epoxide rings is 1. The van der Waals surface area contributed by atoms with Gasteiger partial charge in [-0.2, -0.15) is 0 Å². The van der Waals surface area contributed by atoms with Crippen LogP contribution in [0.2, 0.25) is 0 Å². The molecule has 2 aliphatic carbocycles. The Morgan fingerprint density at radius 3 is 2.61 bits per heavy atom. The van der Waals surface area contributed by atoms with Gasteiger partial charge in [0.1, 0.15) is 24.4 Å². The Morgan fingerprint density at radius 2 is 2.00 bits per heavy atom. The first-order valence-electron chi connectivity index (χ1n) is 11.5. The molecule has 9 heteroatoms. The molecule has 4 aliphatic rings. The second kappa shape index (κ2) is 7.56. The molecule has 0 radical (unpaired) electrons. The first kappa shape index (κ1) is 22.4. The van der Waals surface area contributed by atoms with Crippen molar-refractivity contribution in [1.29, 1.82) is 0 Å². The van der Waals surface area contributed by atoms with Crippen molar-refractivity contribution in [3.05, 3.63) is 24.2 Å². The second-order valence-electron chi connectivity index (χ2n) is 10.1. The largest absolute Gasteiger partial charge is 0.472 e. The summed E-state index contributed by atoms with van der Waals surface area (Å²) in [5.74, 6) is -1.82. The molecule has 8 atom stereocenters. The molecule has 1 aromatic heterocycles. The van der Waals surface area contributed by atoms with E-state index in [-0.39, 0.29) is 31.0 Å². The van der Waals surface area contributed by atoms with Gasteiger partial charge in [-0.1, -0.05) is 6.92 Å². The smallest absolute Gasteiger partial charge is 0.313 e. The Bertz CT molecular complexity index is 951. The van der Waals surface area contributed by atoms with E-state index in [9.17, 15) is 19.5 Å². The van der Waals surface area contributed by atoms with E-state index in [1.54, 1.807) is 18.6 Å². The third kappa shape index (κ3) is 3.01. The number of carbonyl (C=O) groups is 3. The van der Waals surface area contributed by atoms with Crippen molar-refractivity contribution in [3.8, 4) is 0 Å². The van der Waals surface area contributed by atoms with Crippen LogP contribution in [0.1, 0.15) is 58.1 Å². The van der Waals surface area contributed by atoms with Crippen molar-refractivity contribution in [3.63, 3.8) is 0 Å². The molecule has 0 unspecified atom stereocenters. The molecule has 2 saturated heterocycles.